The van der Waals surface area contributed by atoms with Crippen LogP contribution in [0.1, 0.15) is 39.2 Å². The van der Waals surface area contributed by atoms with Crippen molar-refractivity contribution >= 4 is 23.4 Å². The lowest BCUT2D eigenvalue weighted by Gasteiger charge is -2.20. The molecule has 0 bridgehead atoms. The second kappa shape index (κ2) is 8.32. The number of carboxylic acids is 1. The summed E-state index contributed by atoms with van der Waals surface area (Å²) < 4.78 is 10.6. The normalized spacial score (nSPS) is 10.9. The maximum Gasteiger partial charge on any atom is 0.412 e. The van der Waals surface area contributed by atoms with E-state index >= 15 is 0 Å². The molecule has 0 aliphatic carbocycles. The Morgan fingerprint density at radius 3 is 2.48 bits per heavy atom. The van der Waals surface area contributed by atoms with E-state index in [1.807, 2.05) is 0 Å². The van der Waals surface area contributed by atoms with Gasteiger partial charge in [-0.2, -0.15) is 0 Å². The smallest absolute Gasteiger partial charge is 0.412 e. The number of nitrogens with zero attached hydrogens (tertiary/aromatic N) is 1. The predicted molar refractivity (Wildman–Crippen MR) is 90.1 cm³/mol. The molecule has 0 aromatic heterocycles. The Balaban J connectivity index is 2.97. The van der Waals surface area contributed by atoms with Gasteiger partial charge >= 0.3 is 12.1 Å². The van der Waals surface area contributed by atoms with Crippen LogP contribution < -0.4 is 10.1 Å². The number of ether oxygens (including phenoxy) is 2. The third-order valence-corrected chi connectivity index (χ3v) is 2.98. The molecule has 0 heterocycles. The van der Waals surface area contributed by atoms with Crippen molar-refractivity contribution < 1.29 is 29.1 Å². The summed E-state index contributed by atoms with van der Waals surface area (Å²) >= 11 is 0. The first-order valence-electron chi connectivity index (χ1n) is 7.63. The summed E-state index contributed by atoms with van der Waals surface area (Å²) in [4.78, 5) is 32.9. The Morgan fingerprint density at radius 2 is 1.96 bits per heavy atom. The van der Waals surface area contributed by atoms with Crippen molar-refractivity contribution in [1.82, 2.24) is 0 Å². The zero-order valence-corrected chi connectivity index (χ0v) is 14.6. The Kier molecular flexibility index (Phi) is 6.72. The molecule has 0 saturated heterocycles. The molecule has 138 valence electrons. The van der Waals surface area contributed by atoms with Crippen molar-refractivity contribution in [3.05, 3.63) is 27.8 Å². The highest BCUT2D eigenvalue weighted by molar-refractivity contribution is 5.87. The standard InChI is InChI=1S/C16H22N2O7/c1-10-12(17-15(21)25-16(2,3)4)8-11(18(22)23)9-13(10)24-7-5-6-14(19)20/h8-9H,5-7H2,1-4H3,(H,17,21)(H,19,20). The largest absolute Gasteiger partial charge is 0.493 e. The van der Waals surface area contributed by atoms with Crippen molar-refractivity contribution in [1.29, 1.82) is 0 Å². The predicted octanol–water partition coefficient (Wildman–Crippen LogP) is 3.49. The highest BCUT2D eigenvalue weighted by Gasteiger charge is 2.20. The molecule has 1 aromatic carbocycles. The lowest BCUT2D eigenvalue weighted by atomic mass is 10.1. The maximum absolute atomic E-state index is 11.9. The lowest BCUT2D eigenvalue weighted by Crippen LogP contribution is -2.27. The number of aliphatic carboxylic acids is 1. The van der Waals surface area contributed by atoms with Gasteiger partial charge in [-0.25, -0.2) is 4.79 Å². The molecule has 25 heavy (non-hydrogen) atoms. The lowest BCUT2D eigenvalue weighted by molar-refractivity contribution is -0.384. The Morgan fingerprint density at radius 1 is 1.32 bits per heavy atom. The second-order valence-corrected chi connectivity index (χ2v) is 6.35. The molecule has 0 atom stereocenters. The molecule has 1 rings (SSSR count). The van der Waals surface area contributed by atoms with E-state index in [1.165, 1.54) is 12.1 Å². The molecule has 0 spiro atoms. The van der Waals surface area contributed by atoms with E-state index < -0.39 is 22.6 Å². The van der Waals surface area contributed by atoms with Crippen LogP contribution >= 0.6 is 0 Å². The number of carboxylic acid groups (broad SMARTS) is 1. The van der Waals surface area contributed by atoms with Crippen LogP contribution in [0.3, 0.4) is 0 Å². The molecule has 0 fully saturated rings. The van der Waals surface area contributed by atoms with E-state index in [2.05, 4.69) is 5.32 Å². The second-order valence-electron chi connectivity index (χ2n) is 6.35. The average Bonchev–Trinajstić information content (AvgIpc) is 2.44. The van der Waals surface area contributed by atoms with E-state index in [4.69, 9.17) is 14.6 Å². The summed E-state index contributed by atoms with van der Waals surface area (Å²) in [6.07, 6.45) is -0.559. The van der Waals surface area contributed by atoms with Crippen molar-refractivity contribution in [3.63, 3.8) is 0 Å². The third-order valence-electron chi connectivity index (χ3n) is 2.98. The molecule has 1 amide bonds. The Hall–Kier alpha value is -2.84. The molecule has 0 unspecified atom stereocenters. The minimum absolute atomic E-state index is 0.0724. The average molecular weight is 354 g/mol. The van der Waals surface area contributed by atoms with Crippen LogP contribution in [0.25, 0.3) is 0 Å². The number of amides is 1. The van der Waals surface area contributed by atoms with Gasteiger partial charge in [-0.05, 0) is 34.1 Å². The van der Waals surface area contributed by atoms with Crippen molar-refractivity contribution in [2.45, 2.75) is 46.1 Å². The Labute approximate surface area is 145 Å². The number of nitro groups is 1. The van der Waals surface area contributed by atoms with Gasteiger partial charge in [0.15, 0.2) is 0 Å². The van der Waals surface area contributed by atoms with Gasteiger partial charge in [0.2, 0.25) is 0 Å². The summed E-state index contributed by atoms with van der Waals surface area (Å²) in [5.74, 6) is -0.753. The molecule has 9 nitrogen and oxygen atoms in total. The number of nitro benzene ring substituents is 1. The highest BCUT2D eigenvalue weighted by atomic mass is 16.6. The number of carbonyl (C=O) groups is 2. The van der Waals surface area contributed by atoms with Gasteiger partial charge in [0.25, 0.3) is 5.69 Å². The van der Waals surface area contributed by atoms with Gasteiger partial charge in [-0.3, -0.25) is 20.2 Å². The molecular formula is C16H22N2O7. The SMILES string of the molecule is Cc1c(NC(=O)OC(C)(C)C)cc([N+](=O)[O-])cc1OCCCC(=O)O. The summed E-state index contributed by atoms with van der Waals surface area (Å²) in [7, 11) is 0. The van der Waals surface area contributed by atoms with Gasteiger partial charge in [-0.15, -0.1) is 0 Å². The van der Waals surface area contributed by atoms with Crippen LogP contribution in [0.15, 0.2) is 12.1 Å². The molecule has 0 saturated carbocycles. The van der Waals surface area contributed by atoms with Crippen LogP contribution in [-0.2, 0) is 9.53 Å². The first kappa shape index (κ1) is 20.2. The van der Waals surface area contributed by atoms with Crippen molar-refractivity contribution in [2.75, 3.05) is 11.9 Å². The molecule has 2 N–H and O–H groups in total. The summed E-state index contributed by atoms with van der Waals surface area (Å²) in [6.45, 7) is 6.81. The molecule has 0 aliphatic rings. The maximum atomic E-state index is 11.9. The summed E-state index contributed by atoms with van der Waals surface area (Å²) in [5.41, 5.74) is -0.303. The summed E-state index contributed by atoms with van der Waals surface area (Å²) in [6, 6.07) is 2.44. The van der Waals surface area contributed by atoms with Crippen LogP contribution in [0, 0.1) is 17.0 Å². The molecule has 1 aromatic rings. The number of rotatable bonds is 7. The third kappa shape index (κ3) is 7.06. The highest BCUT2D eigenvalue weighted by Crippen LogP contribution is 2.32. The van der Waals surface area contributed by atoms with Gasteiger partial charge in [-0.1, -0.05) is 0 Å². The van der Waals surface area contributed by atoms with Crippen LogP contribution in [0.2, 0.25) is 0 Å². The minimum Gasteiger partial charge on any atom is -0.493 e. The number of hydrogen-bond donors (Lipinski definition) is 2. The number of hydrogen-bond acceptors (Lipinski definition) is 6. The van der Waals surface area contributed by atoms with Crippen molar-refractivity contribution in [3.8, 4) is 5.75 Å². The molecule has 0 radical (unpaired) electrons. The zero-order valence-electron chi connectivity index (χ0n) is 14.6. The number of carbonyl (C=O) groups excluding carboxylic acids is 1. The van der Waals surface area contributed by atoms with E-state index in [9.17, 15) is 19.7 Å². The molecular weight excluding hydrogens is 332 g/mol. The first-order valence-corrected chi connectivity index (χ1v) is 7.63. The van der Waals surface area contributed by atoms with Crippen LogP contribution in [-0.4, -0.2) is 34.3 Å². The van der Waals surface area contributed by atoms with E-state index in [0.717, 1.165) is 0 Å². The number of anilines is 1. The van der Waals surface area contributed by atoms with Gasteiger partial charge in [0.1, 0.15) is 11.4 Å². The zero-order chi connectivity index (χ0) is 19.2. The van der Waals surface area contributed by atoms with Gasteiger partial charge < -0.3 is 14.6 Å². The fraction of sp³-hybridized carbons (Fsp3) is 0.500. The van der Waals surface area contributed by atoms with Crippen LogP contribution in [0.4, 0.5) is 16.2 Å². The van der Waals surface area contributed by atoms with Crippen LogP contribution in [0.5, 0.6) is 5.75 Å². The Bertz CT molecular complexity index is 665. The topological polar surface area (TPSA) is 128 Å². The number of nitrogens with one attached hydrogen (secondary N) is 1. The number of benzene rings is 1. The van der Waals surface area contributed by atoms with Gasteiger partial charge in [0.05, 0.1) is 23.3 Å². The monoisotopic (exact) mass is 354 g/mol. The van der Waals surface area contributed by atoms with E-state index in [0.29, 0.717) is 5.56 Å². The van der Waals surface area contributed by atoms with E-state index in [-0.39, 0.29) is 36.6 Å². The minimum atomic E-state index is -0.952. The van der Waals surface area contributed by atoms with E-state index in [1.54, 1.807) is 27.7 Å². The quantitative estimate of drug-likeness (QED) is 0.435. The van der Waals surface area contributed by atoms with Gasteiger partial charge in [0, 0.05) is 18.1 Å². The molecule has 0 aliphatic heterocycles. The summed E-state index contributed by atoms with van der Waals surface area (Å²) in [5, 5.41) is 22.2. The first-order chi connectivity index (χ1) is 11.5. The molecule has 9 heteroatoms. The fourth-order valence-corrected chi connectivity index (χ4v) is 1.88. The number of non-ortho nitro benzene ring substituents is 1. The van der Waals surface area contributed by atoms with Crippen molar-refractivity contribution in [2.24, 2.45) is 0 Å². The fourth-order valence-electron chi connectivity index (χ4n) is 1.88.